The largest absolute Gasteiger partial charge is 0.381 e. The first-order chi connectivity index (χ1) is 11.3. The number of carbonyl (C=O) groups is 1. The quantitative estimate of drug-likeness (QED) is 0.792. The molecule has 3 fully saturated rings. The predicted octanol–water partition coefficient (Wildman–Crippen LogP) is 2.30. The first kappa shape index (κ1) is 15.4. The van der Waals surface area contributed by atoms with Gasteiger partial charge in [0.25, 0.3) is 0 Å². The van der Waals surface area contributed by atoms with E-state index >= 15 is 0 Å². The molecule has 0 spiro atoms. The van der Waals surface area contributed by atoms with Crippen LogP contribution in [0.5, 0.6) is 0 Å². The van der Waals surface area contributed by atoms with E-state index in [4.69, 9.17) is 4.74 Å². The van der Waals surface area contributed by atoms with Gasteiger partial charge in [-0.25, -0.2) is 9.78 Å². The number of anilines is 1. The van der Waals surface area contributed by atoms with Gasteiger partial charge in [0.1, 0.15) is 0 Å². The van der Waals surface area contributed by atoms with Crippen molar-refractivity contribution >= 4 is 22.5 Å². The molecule has 4 rings (SSSR count). The van der Waals surface area contributed by atoms with Crippen molar-refractivity contribution < 1.29 is 9.53 Å². The summed E-state index contributed by atoms with van der Waals surface area (Å²) in [5, 5.41) is 10.3. The topological polar surface area (TPSA) is 75.3 Å². The fraction of sp³-hybridized carbons (Fsp3) is 0.750. The number of carbonyl (C=O) groups excluding carboxylic acids is 1. The van der Waals surface area contributed by atoms with Gasteiger partial charge in [0.05, 0.1) is 5.54 Å². The lowest BCUT2D eigenvalue weighted by molar-refractivity contribution is 0.0860. The predicted molar refractivity (Wildman–Crippen MR) is 90.0 cm³/mol. The van der Waals surface area contributed by atoms with Crippen LogP contribution in [0.2, 0.25) is 0 Å². The summed E-state index contributed by atoms with van der Waals surface area (Å²) in [5.41, 5.74) is -0.0507. The fourth-order valence-electron chi connectivity index (χ4n) is 4.22. The Morgan fingerprint density at radius 2 is 2.26 bits per heavy atom. The number of nitrogens with zero attached hydrogens (tertiary/aromatic N) is 1. The molecule has 2 aliphatic heterocycles. The molecule has 1 aromatic heterocycles. The van der Waals surface area contributed by atoms with E-state index in [0.29, 0.717) is 17.0 Å². The summed E-state index contributed by atoms with van der Waals surface area (Å²) in [6.07, 6.45) is 7.48. The summed E-state index contributed by atoms with van der Waals surface area (Å²) in [6, 6.07) is -0.117. The molecule has 3 N–H and O–H groups in total. The minimum atomic E-state index is -0.117. The van der Waals surface area contributed by atoms with Crippen LogP contribution in [0.25, 0.3) is 0 Å². The number of urea groups is 1. The van der Waals surface area contributed by atoms with Crippen molar-refractivity contribution in [3.8, 4) is 0 Å². The molecule has 126 valence electrons. The number of rotatable bonds is 3. The standard InChI is InChI=1S/C16H24N4O2S/c21-14(20-16-5-1-2-12(16)8-17-10-16)19-15-18-9-13(23-15)11-3-6-22-7-4-11/h9,11-12,17H,1-8,10H2,(H2,18,19,20,21)/t12-,16-/m0/s1. The molecule has 2 saturated heterocycles. The molecule has 6 nitrogen and oxygen atoms in total. The zero-order valence-electron chi connectivity index (χ0n) is 13.3. The van der Waals surface area contributed by atoms with Gasteiger partial charge in [-0.05, 0) is 37.5 Å². The Balaban J connectivity index is 1.36. The van der Waals surface area contributed by atoms with Crippen LogP contribution in [0.4, 0.5) is 9.93 Å². The summed E-state index contributed by atoms with van der Waals surface area (Å²) in [6.45, 7) is 3.55. The van der Waals surface area contributed by atoms with Crippen LogP contribution in [0, 0.1) is 5.92 Å². The van der Waals surface area contributed by atoms with E-state index in [0.717, 1.165) is 45.6 Å². The molecule has 1 saturated carbocycles. The zero-order chi connectivity index (χ0) is 15.7. The second kappa shape index (κ2) is 6.37. The molecule has 23 heavy (non-hydrogen) atoms. The Kier molecular flexibility index (Phi) is 4.26. The number of hydrogen-bond acceptors (Lipinski definition) is 5. The van der Waals surface area contributed by atoms with Crippen LogP contribution >= 0.6 is 11.3 Å². The van der Waals surface area contributed by atoms with Gasteiger partial charge in [0.2, 0.25) is 0 Å². The average molecular weight is 336 g/mol. The molecule has 7 heteroatoms. The molecule has 0 bridgehead atoms. The van der Waals surface area contributed by atoms with Crippen LogP contribution in [-0.4, -0.2) is 42.9 Å². The lowest BCUT2D eigenvalue weighted by Crippen LogP contribution is -2.53. The first-order valence-electron chi connectivity index (χ1n) is 8.58. The zero-order valence-corrected chi connectivity index (χ0v) is 14.1. The summed E-state index contributed by atoms with van der Waals surface area (Å²) in [5.74, 6) is 1.10. The third kappa shape index (κ3) is 3.09. The van der Waals surface area contributed by atoms with E-state index in [1.807, 2.05) is 6.20 Å². The van der Waals surface area contributed by atoms with Crippen LogP contribution in [0.1, 0.15) is 42.9 Å². The van der Waals surface area contributed by atoms with Gasteiger partial charge in [-0.15, -0.1) is 11.3 Å². The van der Waals surface area contributed by atoms with Gasteiger partial charge in [-0.3, -0.25) is 5.32 Å². The number of ether oxygens (including phenoxy) is 1. The van der Waals surface area contributed by atoms with Gasteiger partial charge in [-0.1, -0.05) is 6.42 Å². The SMILES string of the molecule is O=C(Nc1ncc(C2CCOCC2)s1)N[C@]12CCC[C@H]1CNC2. The molecular weight excluding hydrogens is 312 g/mol. The molecule has 2 atom stereocenters. The lowest BCUT2D eigenvalue weighted by Gasteiger charge is -2.29. The third-order valence-corrected chi connectivity index (χ3v) is 6.59. The van der Waals surface area contributed by atoms with Gasteiger partial charge in [0, 0.05) is 37.4 Å². The highest BCUT2D eigenvalue weighted by Gasteiger charge is 2.47. The highest BCUT2D eigenvalue weighted by Crippen LogP contribution is 2.38. The second-order valence-electron chi connectivity index (χ2n) is 6.91. The third-order valence-electron chi connectivity index (χ3n) is 5.52. The Bertz CT molecular complexity index is 560. The van der Waals surface area contributed by atoms with Crippen molar-refractivity contribution in [2.24, 2.45) is 5.92 Å². The molecule has 1 aliphatic carbocycles. The number of thiazole rings is 1. The van der Waals surface area contributed by atoms with Gasteiger partial charge < -0.3 is 15.4 Å². The van der Waals surface area contributed by atoms with E-state index in [2.05, 4.69) is 20.9 Å². The molecule has 1 aromatic rings. The molecule has 3 heterocycles. The van der Waals surface area contributed by atoms with E-state index in [-0.39, 0.29) is 11.6 Å². The van der Waals surface area contributed by atoms with Crippen molar-refractivity contribution in [3.63, 3.8) is 0 Å². The van der Waals surface area contributed by atoms with E-state index in [1.165, 1.54) is 17.7 Å². The van der Waals surface area contributed by atoms with Crippen LogP contribution in [0.15, 0.2) is 6.20 Å². The van der Waals surface area contributed by atoms with E-state index in [9.17, 15) is 4.79 Å². The van der Waals surface area contributed by atoms with Crippen molar-refractivity contribution in [1.29, 1.82) is 0 Å². The van der Waals surface area contributed by atoms with Crippen LogP contribution in [0.3, 0.4) is 0 Å². The molecule has 0 aromatic carbocycles. The first-order valence-corrected chi connectivity index (χ1v) is 9.40. The van der Waals surface area contributed by atoms with Crippen molar-refractivity contribution in [1.82, 2.24) is 15.6 Å². The maximum Gasteiger partial charge on any atom is 0.321 e. The molecular formula is C16H24N4O2S. The summed E-state index contributed by atoms with van der Waals surface area (Å²) in [7, 11) is 0. The summed E-state index contributed by atoms with van der Waals surface area (Å²) < 4.78 is 5.40. The molecule has 3 aliphatic rings. The fourth-order valence-corrected chi connectivity index (χ4v) is 5.20. The number of nitrogens with one attached hydrogen (secondary N) is 3. The Morgan fingerprint density at radius 1 is 1.39 bits per heavy atom. The number of fused-ring (bicyclic) bond motifs is 1. The minimum absolute atomic E-state index is 0.0507. The van der Waals surface area contributed by atoms with E-state index in [1.54, 1.807) is 11.3 Å². The number of hydrogen-bond donors (Lipinski definition) is 3. The smallest absolute Gasteiger partial charge is 0.321 e. The van der Waals surface area contributed by atoms with Crippen LogP contribution < -0.4 is 16.0 Å². The highest BCUT2D eigenvalue weighted by molar-refractivity contribution is 7.15. The Hall–Kier alpha value is -1.18. The maximum atomic E-state index is 12.4. The molecule has 2 amide bonds. The minimum Gasteiger partial charge on any atom is -0.381 e. The molecule has 0 radical (unpaired) electrons. The van der Waals surface area contributed by atoms with Gasteiger partial charge in [0.15, 0.2) is 5.13 Å². The van der Waals surface area contributed by atoms with Crippen molar-refractivity contribution in [2.45, 2.75) is 43.6 Å². The van der Waals surface area contributed by atoms with E-state index < -0.39 is 0 Å². The van der Waals surface area contributed by atoms with Crippen molar-refractivity contribution in [3.05, 3.63) is 11.1 Å². The average Bonchev–Trinajstić information content (AvgIpc) is 3.23. The lowest BCUT2D eigenvalue weighted by atomic mass is 9.91. The molecule has 0 unspecified atom stereocenters. The Labute approximate surface area is 140 Å². The number of amides is 2. The summed E-state index contributed by atoms with van der Waals surface area (Å²) in [4.78, 5) is 18.0. The Morgan fingerprint density at radius 3 is 3.13 bits per heavy atom. The normalized spacial score (nSPS) is 31.0. The number of aromatic nitrogens is 1. The van der Waals surface area contributed by atoms with Crippen molar-refractivity contribution in [2.75, 3.05) is 31.6 Å². The van der Waals surface area contributed by atoms with Gasteiger partial charge >= 0.3 is 6.03 Å². The summed E-state index contributed by atoms with van der Waals surface area (Å²) >= 11 is 1.59. The monoisotopic (exact) mass is 336 g/mol. The van der Waals surface area contributed by atoms with Crippen LogP contribution in [-0.2, 0) is 4.74 Å². The second-order valence-corrected chi connectivity index (χ2v) is 7.97. The maximum absolute atomic E-state index is 12.4. The van der Waals surface area contributed by atoms with Gasteiger partial charge in [-0.2, -0.15) is 0 Å². The highest BCUT2D eigenvalue weighted by atomic mass is 32.1.